The highest BCUT2D eigenvalue weighted by molar-refractivity contribution is 7.17. The SMILES string of the molecule is Cc1cc(N)c2sccc2c1CCl. The van der Waals surface area contributed by atoms with Gasteiger partial charge >= 0.3 is 0 Å². The molecule has 0 atom stereocenters. The first-order valence-corrected chi connectivity index (χ1v) is 5.46. The van der Waals surface area contributed by atoms with Crippen LogP contribution in [0.5, 0.6) is 0 Å². The minimum absolute atomic E-state index is 0.555. The van der Waals surface area contributed by atoms with Gasteiger partial charge in [-0.25, -0.2) is 0 Å². The molecule has 0 amide bonds. The first-order valence-electron chi connectivity index (χ1n) is 4.05. The first kappa shape index (κ1) is 8.85. The molecule has 0 radical (unpaired) electrons. The third-order valence-corrected chi connectivity index (χ3v) is 3.46. The van der Waals surface area contributed by atoms with Crippen molar-refractivity contribution in [3.05, 3.63) is 28.6 Å². The van der Waals surface area contributed by atoms with Crippen molar-refractivity contribution in [1.82, 2.24) is 0 Å². The van der Waals surface area contributed by atoms with Gasteiger partial charge in [-0.05, 0) is 40.9 Å². The second-order valence-corrected chi connectivity index (χ2v) is 4.24. The van der Waals surface area contributed by atoms with Crippen molar-refractivity contribution in [3.8, 4) is 0 Å². The maximum atomic E-state index is 5.89. The number of anilines is 1. The molecule has 0 saturated carbocycles. The standard InChI is InChI=1S/C10H10ClNS/c1-6-4-9(12)10-7(2-3-13-10)8(6)5-11/h2-4H,5,12H2,1H3. The van der Waals surface area contributed by atoms with Gasteiger partial charge in [-0.3, -0.25) is 0 Å². The van der Waals surface area contributed by atoms with E-state index in [1.165, 1.54) is 16.5 Å². The van der Waals surface area contributed by atoms with E-state index in [1.54, 1.807) is 11.3 Å². The number of halogens is 1. The molecule has 2 aromatic rings. The van der Waals surface area contributed by atoms with E-state index in [4.69, 9.17) is 17.3 Å². The molecule has 3 heteroatoms. The molecule has 1 heterocycles. The minimum atomic E-state index is 0.555. The Morgan fingerprint density at radius 2 is 2.31 bits per heavy atom. The lowest BCUT2D eigenvalue weighted by Gasteiger charge is -2.05. The molecule has 2 rings (SSSR count). The van der Waals surface area contributed by atoms with Gasteiger partial charge in [0.2, 0.25) is 0 Å². The Morgan fingerprint density at radius 1 is 1.54 bits per heavy atom. The second-order valence-electron chi connectivity index (χ2n) is 3.06. The number of benzene rings is 1. The second kappa shape index (κ2) is 3.20. The van der Waals surface area contributed by atoms with Gasteiger partial charge in [0.25, 0.3) is 0 Å². The topological polar surface area (TPSA) is 26.0 Å². The highest BCUT2D eigenvalue weighted by Gasteiger charge is 2.07. The summed E-state index contributed by atoms with van der Waals surface area (Å²) in [6.07, 6.45) is 0. The van der Waals surface area contributed by atoms with E-state index in [0.717, 1.165) is 10.4 Å². The molecule has 0 aliphatic heterocycles. The fourth-order valence-corrected chi connectivity index (χ4v) is 2.75. The lowest BCUT2D eigenvalue weighted by molar-refractivity contribution is 1.34. The van der Waals surface area contributed by atoms with Gasteiger partial charge in [-0.2, -0.15) is 0 Å². The monoisotopic (exact) mass is 211 g/mol. The summed E-state index contributed by atoms with van der Waals surface area (Å²) in [5.41, 5.74) is 9.13. The lowest BCUT2D eigenvalue weighted by Crippen LogP contribution is -1.91. The molecule has 2 N–H and O–H groups in total. The van der Waals surface area contributed by atoms with Crippen LogP contribution >= 0.6 is 22.9 Å². The molecule has 1 aromatic heterocycles. The fraction of sp³-hybridized carbons (Fsp3) is 0.200. The zero-order valence-electron chi connectivity index (χ0n) is 7.30. The first-order chi connectivity index (χ1) is 6.24. The van der Waals surface area contributed by atoms with E-state index in [9.17, 15) is 0 Å². The number of thiophene rings is 1. The predicted molar refractivity (Wildman–Crippen MR) is 60.5 cm³/mol. The van der Waals surface area contributed by atoms with Crippen molar-refractivity contribution >= 4 is 38.7 Å². The Balaban J connectivity index is 2.88. The average molecular weight is 212 g/mol. The summed E-state index contributed by atoms with van der Waals surface area (Å²) in [6.45, 7) is 2.05. The van der Waals surface area contributed by atoms with Gasteiger partial charge in [0.05, 0.1) is 4.70 Å². The van der Waals surface area contributed by atoms with Crippen LogP contribution in [0.2, 0.25) is 0 Å². The largest absolute Gasteiger partial charge is 0.398 e. The van der Waals surface area contributed by atoms with Crippen LogP contribution in [0.1, 0.15) is 11.1 Å². The maximum Gasteiger partial charge on any atom is 0.0575 e. The van der Waals surface area contributed by atoms with Crippen molar-refractivity contribution in [1.29, 1.82) is 0 Å². The lowest BCUT2D eigenvalue weighted by atomic mass is 10.1. The van der Waals surface area contributed by atoms with Crippen molar-refractivity contribution in [2.24, 2.45) is 0 Å². The molecule has 0 saturated heterocycles. The van der Waals surface area contributed by atoms with E-state index in [0.29, 0.717) is 5.88 Å². The summed E-state index contributed by atoms with van der Waals surface area (Å²) in [6, 6.07) is 4.08. The normalized spacial score (nSPS) is 10.9. The van der Waals surface area contributed by atoms with Crippen LogP contribution in [-0.4, -0.2) is 0 Å². The quantitative estimate of drug-likeness (QED) is 0.567. The van der Waals surface area contributed by atoms with Crippen molar-refractivity contribution in [2.45, 2.75) is 12.8 Å². The number of hydrogen-bond donors (Lipinski definition) is 1. The Bertz CT molecular complexity index is 447. The summed E-state index contributed by atoms with van der Waals surface area (Å²) >= 11 is 7.55. The molecule has 0 fully saturated rings. The van der Waals surface area contributed by atoms with Gasteiger partial charge in [-0.1, -0.05) is 0 Å². The summed E-state index contributed by atoms with van der Waals surface area (Å²) < 4.78 is 1.15. The Hall–Kier alpha value is -0.730. The number of aryl methyl sites for hydroxylation is 1. The predicted octanol–water partition coefficient (Wildman–Crippen LogP) is 3.53. The molecule has 0 spiro atoms. The van der Waals surface area contributed by atoms with Gasteiger partial charge in [-0.15, -0.1) is 22.9 Å². The molecular formula is C10H10ClNS. The summed E-state index contributed by atoms with van der Waals surface area (Å²) in [7, 11) is 0. The van der Waals surface area contributed by atoms with Crippen LogP contribution in [-0.2, 0) is 5.88 Å². The van der Waals surface area contributed by atoms with Crippen LogP contribution in [0.15, 0.2) is 17.5 Å². The zero-order valence-corrected chi connectivity index (χ0v) is 8.88. The Morgan fingerprint density at radius 3 is 3.00 bits per heavy atom. The maximum absolute atomic E-state index is 5.89. The zero-order chi connectivity index (χ0) is 9.42. The number of hydrogen-bond acceptors (Lipinski definition) is 2. The average Bonchev–Trinajstić information content (AvgIpc) is 2.53. The van der Waals surface area contributed by atoms with Crippen LogP contribution in [0.3, 0.4) is 0 Å². The van der Waals surface area contributed by atoms with Crippen LogP contribution < -0.4 is 5.73 Å². The molecule has 0 unspecified atom stereocenters. The Kier molecular flexibility index (Phi) is 2.18. The highest BCUT2D eigenvalue weighted by atomic mass is 35.5. The molecular weight excluding hydrogens is 202 g/mol. The number of alkyl halides is 1. The van der Waals surface area contributed by atoms with Crippen molar-refractivity contribution in [2.75, 3.05) is 5.73 Å². The van der Waals surface area contributed by atoms with E-state index < -0.39 is 0 Å². The minimum Gasteiger partial charge on any atom is -0.398 e. The third kappa shape index (κ3) is 1.30. The molecule has 0 aliphatic rings. The number of rotatable bonds is 1. The van der Waals surface area contributed by atoms with Crippen molar-refractivity contribution in [3.63, 3.8) is 0 Å². The van der Waals surface area contributed by atoms with Gasteiger partial charge in [0.15, 0.2) is 0 Å². The van der Waals surface area contributed by atoms with E-state index in [-0.39, 0.29) is 0 Å². The van der Waals surface area contributed by atoms with Crippen LogP contribution in [0, 0.1) is 6.92 Å². The van der Waals surface area contributed by atoms with E-state index in [1.807, 2.05) is 13.0 Å². The summed E-state index contributed by atoms with van der Waals surface area (Å²) in [4.78, 5) is 0. The van der Waals surface area contributed by atoms with Gasteiger partial charge in [0, 0.05) is 11.6 Å². The molecule has 0 aliphatic carbocycles. The Labute approximate surface area is 86.1 Å². The molecule has 13 heavy (non-hydrogen) atoms. The number of fused-ring (bicyclic) bond motifs is 1. The molecule has 0 bridgehead atoms. The fourth-order valence-electron chi connectivity index (χ4n) is 1.55. The summed E-state index contributed by atoms with van der Waals surface area (Å²) in [5, 5.41) is 3.26. The number of nitrogen functional groups attached to an aromatic ring is 1. The van der Waals surface area contributed by atoms with Gasteiger partial charge in [0.1, 0.15) is 0 Å². The van der Waals surface area contributed by atoms with Crippen LogP contribution in [0.4, 0.5) is 5.69 Å². The third-order valence-electron chi connectivity index (χ3n) is 2.23. The van der Waals surface area contributed by atoms with E-state index >= 15 is 0 Å². The summed E-state index contributed by atoms with van der Waals surface area (Å²) in [5.74, 6) is 0.555. The van der Waals surface area contributed by atoms with Crippen LogP contribution in [0.25, 0.3) is 10.1 Å². The molecule has 68 valence electrons. The van der Waals surface area contributed by atoms with Crippen molar-refractivity contribution < 1.29 is 0 Å². The van der Waals surface area contributed by atoms with E-state index in [2.05, 4.69) is 11.4 Å². The molecule has 1 aromatic carbocycles. The van der Waals surface area contributed by atoms with Gasteiger partial charge < -0.3 is 5.73 Å². The number of nitrogens with two attached hydrogens (primary N) is 1. The smallest absolute Gasteiger partial charge is 0.0575 e. The molecule has 1 nitrogen and oxygen atoms in total. The highest BCUT2D eigenvalue weighted by Crippen LogP contribution is 2.32.